The van der Waals surface area contributed by atoms with Gasteiger partial charge in [0.1, 0.15) is 12.4 Å². The Balaban J connectivity index is 1.74. The molecule has 5 nitrogen and oxygen atoms in total. The third kappa shape index (κ3) is 4.26. The van der Waals surface area contributed by atoms with Crippen LogP contribution in [0.1, 0.15) is 16.7 Å². The molecule has 1 aliphatic heterocycles. The number of halogens is 2. The fourth-order valence-corrected chi connectivity index (χ4v) is 3.62. The van der Waals surface area contributed by atoms with Gasteiger partial charge >= 0.3 is 0 Å². The van der Waals surface area contributed by atoms with E-state index in [9.17, 15) is 18.8 Å². The summed E-state index contributed by atoms with van der Waals surface area (Å²) in [6, 6.07) is 9.55. The standard InChI is InChI=1S/C20H16ClFN2O3S/c1-11-6-7-13(8-12(11)2)23-18(25)10-24-19(26)17(28-20(24)27)9-14-15(21)4-3-5-16(14)22/h3-9H,10H2,1-2H3,(H,23,25). The Morgan fingerprint density at radius 3 is 2.64 bits per heavy atom. The van der Waals surface area contributed by atoms with Crippen molar-refractivity contribution in [1.29, 1.82) is 0 Å². The van der Waals surface area contributed by atoms with Crippen molar-refractivity contribution in [2.75, 3.05) is 11.9 Å². The van der Waals surface area contributed by atoms with Crippen LogP contribution in [0.3, 0.4) is 0 Å². The third-order valence-corrected chi connectivity index (χ3v) is 5.48. The molecule has 2 aromatic rings. The number of amides is 3. The number of anilines is 1. The van der Waals surface area contributed by atoms with E-state index in [0.717, 1.165) is 16.0 Å². The van der Waals surface area contributed by atoms with Crippen molar-refractivity contribution in [2.24, 2.45) is 0 Å². The zero-order valence-corrected chi connectivity index (χ0v) is 16.7. The molecule has 28 heavy (non-hydrogen) atoms. The van der Waals surface area contributed by atoms with Crippen LogP contribution in [0.25, 0.3) is 6.08 Å². The minimum atomic E-state index is -0.662. The molecule has 1 saturated heterocycles. The van der Waals surface area contributed by atoms with E-state index >= 15 is 0 Å². The number of nitrogens with one attached hydrogen (secondary N) is 1. The minimum absolute atomic E-state index is 0.0102. The SMILES string of the molecule is Cc1ccc(NC(=O)CN2C(=O)SC(=Cc3c(F)cccc3Cl)C2=O)cc1C. The van der Waals surface area contributed by atoms with Crippen LogP contribution in [0, 0.1) is 19.7 Å². The van der Waals surface area contributed by atoms with Gasteiger partial charge in [-0.2, -0.15) is 0 Å². The topological polar surface area (TPSA) is 66.5 Å². The molecular formula is C20H16ClFN2O3S. The van der Waals surface area contributed by atoms with Crippen molar-refractivity contribution in [3.8, 4) is 0 Å². The lowest BCUT2D eigenvalue weighted by Gasteiger charge is -2.13. The van der Waals surface area contributed by atoms with Gasteiger partial charge in [-0.25, -0.2) is 4.39 Å². The summed E-state index contributed by atoms with van der Waals surface area (Å²) in [5, 5.41) is 2.19. The lowest BCUT2D eigenvalue weighted by molar-refractivity contribution is -0.127. The molecule has 1 fully saturated rings. The molecule has 0 spiro atoms. The van der Waals surface area contributed by atoms with Crippen molar-refractivity contribution in [3.63, 3.8) is 0 Å². The summed E-state index contributed by atoms with van der Waals surface area (Å²) in [6.45, 7) is 3.44. The zero-order valence-electron chi connectivity index (χ0n) is 15.1. The maximum atomic E-state index is 13.9. The molecule has 0 radical (unpaired) electrons. The smallest absolute Gasteiger partial charge is 0.294 e. The number of carbonyl (C=O) groups excluding carboxylic acids is 3. The number of benzene rings is 2. The molecule has 0 atom stereocenters. The number of imide groups is 1. The van der Waals surface area contributed by atoms with Crippen molar-refractivity contribution < 1.29 is 18.8 Å². The van der Waals surface area contributed by atoms with Gasteiger partial charge in [-0.15, -0.1) is 0 Å². The highest BCUT2D eigenvalue weighted by Gasteiger charge is 2.36. The Bertz CT molecular complexity index is 1000. The molecule has 0 aliphatic carbocycles. The maximum absolute atomic E-state index is 13.9. The summed E-state index contributed by atoms with van der Waals surface area (Å²) in [5.74, 6) is -1.77. The van der Waals surface area contributed by atoms with Crippen molar-refractivity contribution in [1.82, 2.24) is 4.90 Å². The third-order valence-electron chi connectivity index (χ3n) is 4.24. The predicted molar refractivity (Wildman–Crippen MR) is 109 cm³/mol. The summed E-state index contributed by atoms with van der Waals surface area (Å²) in [5.41, 5.74) is 2.69. The largest absolute Gasteiger partial charge is 0.325 e. The van der Waals surface area contributed by atoms with Gasteiger partial charge in [0.2, 0.25) is 5.91 Å². The van der Waals surface area contributed by atoms with Gasteiger partial charge in [0.25, 0.3) is 11.1 Å². The van der Waals surface area contributed by atoms with Gasteiger partial charge in [0, 0.05) is 11.3 Å². The quantitative estimate of drug-likeness (QED) is 0.726. The highest BCUT2D eigenvalue weighted by Crippen LogP contribution is 2.34. The van der Waals surface area contributed by atoms with E-state index in [1.54, 1.807) is 12.1 Å². The molecule has 3 amide bonds. The van der Waals surface area contributed by atoms with E-state index in [2.05, 4.69) is 5.32 Å². The molecule has 3 rings (SSSR count). The number of hydrogen-bond acceptors (Lipinski definition) is 4. The number of carbonyl (C=O) groups is 3. The van der Waals surface area contributed by atoms with E-state index < -0.39 is 29.4 Å². The Labute approximate surface area is 170 Å². The summed E-state index contributed by atoms with van der Waals surface area (Å²) >= 11 is 6.60. The molecule has 0 unspecified atom stereocenters. The lowest BCUT2D eigenvalue weighted by atomic mass is 10.1. The number of thioether (sulfide) groups is 1. The van der Waals surface area contributed by atoms with Crippen molar-refractivity contribution in [3.05, 3.63) is 68.8 Å². The van der Waals surface area contributed by atoms with Crippen LogP contribution in [-0.4, -0.2) is 28.5 Å². The minimum Gasteiger partial charge on any atom is -0.325 e. The van der Waals surface area contributed by atoms with E-state index in [0.29, 0.717) is 17.4 Å². The van der Waals surface area contributed by atoms with E-state index in [4.69, 9.17) is 11.6 Å². The van der Waals surface area contributed by atoms with E-state index in [-0.39, 0.29) is 15.5 Å². The first kappa shape index (κ1) is 20.1. The molecule has 1 heterocycles. The number of aryl methyl sites for hydroxylation is 2. The molecule has 144 valence electrons. The first-order chi connectivity index (χ1) is 13.3. The number of hydrogen-bond donors (Lipinski definition) is 1. The van der Waals surface area contributed by atoms with Gasteiger partial charge in [-0.1, -0.05) is 23.7 Å². The second-order valence-corrected chi connectivity index (χ2v) is 7.65. The normalized spacial score (nSPS) is 15.4. The van der Waals surface area contributed by atoms with Crippen LogP contribution in [0.15, 0.2) is 41.3 Å². The molecule has 0 bridgehead atoms. The Morgan fingerprint density at radius 2 is 1.96 bits per heavy atom. The molecule has 0 saturated carbocycles. The van der Waals surface area contributed by atoms with Gasteiger partial charge in [-0.3, -0.25) is 19.3 Å². The Hall–Kier alpha value is -2.64. The van der Waals surface area contributed by atoms with Crippen LogP contribution in [0.2, 0.25) is 5.02 Å². The summed E-state index contributed by atoms with van der Waals surface area (Å²) < 4.78 is 13.9. The summed E-state index contributed by atoms with van der Waals surface area (Å²) in [7, 11) is 0. The zero-order chi connectivity index (χ0) is 20.4. The average molecular weight is 419 g/mol. The van der Waals surface area contributed by atoms with E-state index in [1.807, 2.05) is 19.9 Å². The summed E-state index contributed by atoms with van der Waals surface area (Å²) in [4.78, 5) is 37.8. The van der Waals surface area contributed by atoms with Crippen molar-refractivity contribution >= 4 is 52.2 Å². The molecule has 1 aliphatic rings. The monoisotopic (exact) mass is 418 g/mol. The predicted octanol–water partition coefficient (Wildman–Crippen LogP) is 4.77. The van der Waals surface area contributed by atoms with Crippen LogP contribution in [0.4, 0.5) is 14.9 Å². The number of rotatable bonds is 4. The molecule has 0 aromatic heterocycles. The van der Waals surface area contributed by atoms with Crippen LogP contribution >= 0.6 is 23.4 Å². The molecule has 8 heteroatoms. The van der Waals surface area contributed by atoms with Crippen LogP contribution in [0.5, 0.6) is 0 Å². The fraction of sp³-hybridized carbons (Fsp3) is 0.150. The molecule has 1 N–H and O–H groups in total. The lowest BCUT2D eigenvalue weighted by Crippen LogP contribution is -2.36. The second kappa shape index (κ2) is 8.16. The fourth-order valence-electron chi connectivity index (χ4n) is 2.58. The first-order valence-electron chi connectivity index (χ1n) is 8.32. The van der Waals surface area contributed by atoms with Gasteiger partial charge in [0.15, 0.2) is 0 Å². The maximum Gasteiger partial charge on any atom is 0.294 e. The van der Waals surface area contributed by atoms with Crippen LogP contribution < -0.4 is 5.32 Å². The van der Waals surface area contributed by atoms with Crippen LogP contribution in [-0.2, 0) is 9.59 Å². The molecular weight excluding hydrogens is 403 g/mol. The van der Waals surface area contributed by atoms with Gasteiger partial charge in [0.05, 0.1) is 9.93 Å². The second-order valence-electron chi connectivity index (χ2n) is 6.25. The van der Waals surface area contributed by atoms with E-state index in [1.165, 1.54) is 24.3 Å². The van der Waals surface area contributed by atoms with Gasteiger partial charge < -0.3 is 5.32 Å². The Morgan fingerprint density at radius 1 is 1.21 bits per heavy atom. The van der Waals surface area contributed by atoms with Crippen molar-refractivity contribution in [2.45, 2.75) is 13.8 Å². The average Bonchev–Trinajstić information content (AvgIpc) is 2.89. The highest BCUT2D eigenvalue weighted by atomic mass is 35.5. The highest BCUT2D eigenvalue weighted by molar-refractivity contribution is 8.18. The van der Waals surface area contributed by atoms with Gasteiger partial charge in [-0.05, 0) is 67.1 Å². The summed E-state index contributed by atoms with van der Waals surface area (Å²) in [6.07, 6.45) is 1.23. The molecule has 2 aromatic carbocycles. The Kier molecular flexibility index (Phi) is 5.86. The number of nitrogens with zero attached hydrogens (tertiary/aromatic N) is 1. The first-order valence-corrected chi connectivity index (χ1v) is 9.52.